The van der Waals surface area contributed by atoms with Crippen LogP contribution in [0.5, 0.6) is 5.75 Å². The van der Waals surface area contributed by atoms with Gasteiger partial charge in [-0.15, -0.1) is 0 Å². The number of carboxylic acid groups (broad SMARTS) is 1. The molecule has 3 aromatic carbocycles. The van der Waals surface area contributed by atoms with Gasteiger partial charge in [0.2, 0.25) is 0 Å². The quantitative estimate of drug-likeness (QED) is 0.429. The number of ether oxygens (including phenoxy) is 2. The second kappa shape index (κ2) is 10.8. The molecule has 0 aliphatic heterocycles. The molecule has 0 unspecified atom stereocenters. The number of hydrogen-bond donors (Lipinski definition) is 1. The molecule has 3 aromatic rings. The van der Waals surface area contributed by atoms with Gasteiger partial charge in [0, 0.05) is 0 Å². The maximum absolute atomic E-state index is 11.1. The van der Waals surface area contributed by atoms with Crippen LogP contribution in [0, 0.1) is 6.92 Å². The molecule has 0 saturated heterocycles. The van der Waals surface area contributed by atoms with Gasteiger partial charge in [-0.05, 0) is 47.9 Å². The highest BCUT2D eigenvalue weighted by atomic mass is 16.5. The minimum atomic E-state index is -0.936. The van der Waals surface area contributed by atoms with E-state index in [2.05, 4.69) is 6.58 Å². The summed E-state index contributed by atoms with van der Waals surface area (Å²) in [6, 6.07) is 18.6. The van der Waals surface area contributed by atoms with Gasteiger partial charge in [0.25, 0.3) is 0 Å². The lowest BCUT2D eigenvalue weighted by atomic mass is 10.0. The first-order valence-corrected chi connectivity index (χ1v) is 9.46. The molecule has 5 nitrogen and oxygen atoms in total. The van der Waals surface area contributed by atoms with Crippen LogP contribution in [0.1, 0.15) is 34.8 Å². The van der Waals surface area contributed by atoms with Crippen molar-refractivity contribution in [2.75, 3.05) is 7.11 Å². The van der Waals surface area contributed by atoms with Gasteiger partial charge < -0.3 is 14.6 Å². The molecule has 0 atom stereocenters. The summed E-state index contributed by atoms with van der Waals surface area (Å²) < 4.78 is 10.1. The highest BCUT2D eigenvalue weighted by Crippen LogP contribution is 2.27. The molecule has 0 aliphatic carbocycles. The SMILES string of the molecule is C=C(C)CC(=O)OCc1ccccc1.COc1cc(C(=O)O)c2cccc(C)c2c1. The van der Waals surface area contributed by atoms with E-state index in [1.165, 1.54) is 7.11 Å². The minimum absolute atomic E-state index is 0.221. The molecule has 0 aromatic heterocycles. The van der Waals surface area contributed by atoms with Crippen LogP contribution in [-0.2, 0) is 16.1 Å². The van der Waals surface area contributed by atoms with Gasteiger partial charge in [0.1, 0.15) is 12.4 Å². The van der Waals surface area contributed by atoms with Gasteiger partial charge in [-0.2, -0.15) is 0 Å². The van der Waals surface area contributed by atoms with Crippen LogP contribution >= 0.6 is 0 Å². The van der Waals surface area contributed by atoms with Crippen molar-refractivity contribution in [1.82, 2.24) is 0 Å². The molecule has 0 heterocycles. The summed E-state index contributed by atoms with van der Waals surface area (Å²) >= 11 is 0. The minimum Gasteiger partial charge on any atom is -0.497 e. The summed E-state index contributed by atoms with van der Waals surface area (Å²) in [7, 11) is 1.53. The lowest BCUT2D eigenvalue weighted by Crippen LogP contribution is -2.04. The molecule has 0 fully saturated rings. The number of esters is 1. The Morgan fingerprint density at radius 3 is 2.30 bits per heavy atom. The topological polar surface area (TPSA) is 72.8 Å². The van der Waals surface area contributed by atoms with Crippen molar-refractivity contribution in [2.24, 2.45) is 0 Å². The summed E-state index contributed by atoms with van der Waals surface area (Å²) in [5.41, 5.74) is 3.14. The number of carbonyl (C=O) groups is 2. The maximum atomic E-state index is 11.1. The normalized spacial score (nSPS) is 9.97. The summed E-state index contributed by atoms with van der Waals surface area (Å²) in [6.45, 7) is 7.75. The molecule has 5 heteroatoms. The Balaban J connectivity index is 0.000000216. The first kappa shape index (κ1) is 22.7. The number of rotatable bonds is 6. The number of carbonyl (C=O) groups excluding carboxylic acids is 1. The molecular weight excluding hydrogens is 380 g/mol. The highest BCUT2D eigenvalue weighted by Gasteiger charge is 2.11. The molecule has 1 N–H and O–H groups in total. The molecule has 3 rings (SSSR count). The molecule has 0 spiro atoms. The monoisotopic (exact) mass is 406 g/mol. The summed E-state index contributed by atoms with van der Waals surface area (Å²) in [5.74, 6) is -0.588. The zero-order valence-corrected chi connectivity index (χ0v) is 17.5. The summed E-state index contributed by atoms with van der Waals surface area (Å²) in [5, 5.41) is 10.8. The van der Waals surface area contributed by atoms with E-state index in [-0.39, 0.29) is 11.5 Å². The summed E-state index contributed by atoms with van der Waals surface area (Å²) in [4.78, 5) is 22.3. The van der Waals surface area contributed by atoms with Gasteiger partial charge in [0.15, 0.2) is 0 Å². The zero-order valence-electron chi connectivity index (χ0n) is 17.5. The fraction of sp³-hybridized carbons (Fsp3) is 0.200. The van der Waals surface area contributed by atoms with Gasteiger partial charge in [-0.3, -0.25) is 4.79 Å². The second-order valence-electron chi connectivity index (χ2n) is 6.93. The number of carboxylic acids is 1. The molecule has 0 bridgehead atoms. The van der Waals surface area contributed by atoms with E-state index in [0.29, 0.717) is 18.8 Å². The molecule has 0 saturated carbocycles. The van der Waals surface area contributed by atoms with Crippen molar-refractivity contribution in [1.29, 1.82) is 0 Å². The van der Waals surface area contributed by atoms with Crippen molar-refractivity contribution in [3.63, 3.8) is 0 Å². The van der Waals surface area contributed by atoms with Crippen molar-refractivity contribution in [2.45, 2.75) is 26.9 Å². The van der Waals surface area contributed by atoms with Crippen molar-refractivity contribution >= 4 is 22.7 Å². The van der Waals surface area contributed by atoms with E-state index < -0.39 is 5.97 Å². The van der Waals surface area contributed by atoms with Crippen LogP contribution in [0.25, 0.3) is 10.8 Å². The molecule has 0 amide bonds. The van der Waals surface area contributed by atoms with Gasteiger partial charge in [0.05, 0.1) is 19.1 Å². The Morgan fingerprint density at radius 2 is 1.70 bits per heavy atom. The van der Waals surface area contributed by atoms with Crippen molar-refractivity contribution in [3.05, 3.63) is 89.5 Å². The lowest BCUT2D eigenvalue weighted by Gasteiger charge is -2.08. The maximum Gasteiger partial charge on any atom is 0.336 e. The zero-order chi connectivity index (χ0) is 22.1. The Kier molecular flexibility index (Phi) is 8.18. The molecule has 156 valence electrons. The fourth-order valence-electron chi connectivity index (χ4n) is 2.84. The molecule has 0 radical (unpaired) electrons. The third-order valence-electron chi connectivity index (χ3n) is 4.34. The van der Waals surface area contributed by atoms with Crippen LogP contribution in [-0.4, -0.2) is 24.2 Å². The largest absolute Gasteiger partial charge is 0.497 e. The molecular formula is C25H26O5. The Bertz CT molecular complexity index is 1040. The number of aromatic carboxylic acids is 1. The Morgan fingerprint density at radius 1 is 1.00 bits per heavy atom. The smallest absolute Gasteiger partial charge is 0.336 e. The van der Waals surface area contributed by atoms with Crippen molar-refractivity contribution in [3.8, 4) is 5.75 Å². The van der Waals surface area contributed by atoms with E-state index in [9.17, 15) is 9.59 Å². The average Bonchev–Trinajstić information content (AvgIpc) is 2.72. The van der Waals surface area contributed by atoms with E-state index in [1.54, 1.807) is 6.07 Å². The van der Waals surface area contributed by atoms with Crippen molar-refractivity contribution < 1.29 is 24.2 Å². The summed E-state index contributed by atoms with van der Waals surface area (Å²) in [6.07, 6.45) is 0.298. The highest BCUT2D eigenvalue weighted by molar-refractivity contribution is 6.05. The van der Waals surface area contributed by atoms with Crippen LogP contribution < -0.4 is 4.74 Å². The van der Waals surface area contributed by atoms with Crippen LogP contribution in [0.2, 0.25) is 0 Å². The first-order chi connectivity index (χ1) is 14.3. The fourth-order valence-corrected chi connectivity index (χ4v) is 2.84. The standard InChI is InChI=1S/C13H12O3.C12H14O2/c1-8-4-3-5-10-11(8)6-9(16-2)7-12(10)13(14)15;1-10(2)8-12(13)14-9-11-6-4-3-5-7-11/h3-7H,1-2H3,(H,14,15);3-7H,1,8-9H2,2H3. The molecule has 0 aliphatic rings. The van der Waals surface area contributed by atoms with E-state index in [4.69, 9.17) is 14.6 Å². The third-order valence-corrected chi connectivity index (χ3v) is 4.34. The van der Waals surface area contributed by atoms with Crippen LogP contribution in [0.3, 0.4) is 0 Å². The van der Waals surface area contributed by atoms with Gasteiger partial charge in [-0.25, -0.2) is 4.79 Å². The van der Waals surface area contributed by atoms with Crippen LogP contribution in [0.4, 0.5) is 0 Å². The number of hydrogen-bond acceptors (Lipinski definition) is 4. The predicted octanol–water partition coefficient (Wildman–Crippen LogP) is 5.55. The number of aryl methyl sites for hydroxylation is 1. The third kappa shape index (κ3) is 6.48. The number of methoxy groups -OCH3 is 1. The lowest BCUT2D eigenvalue weighted by molar-refractivity contribution is -0.144. The van der Waals surface area contributed by atoms with E-state index >= 15 is 0 Å². The second-order valence-corrected chi connectivity index (χ2v) is 6.93. The Hall–Kier alpha value is -3.60. The average molecular weight is 406 g/mol. The molecule has 30 heavy (non-hydrogen) atoms. The van der Waals surface area contributed by atoms with Gasteiger partial charge >= 0.3 is 11.9 Å². The first-order valence-electron chi connectivity index (χ1n) is 9.46. The van der Waals surface area contributed by atoms with Crippen LogP contribution in [0.15, 0.2) is 72.8 Å². The predicted molar refractivity (Wildman–Crippen MR) is 118 cm³/mol. The number of fused-ring (bicyclic) bond motifs is 1. The van der Waals surface area contributed by atoms with Gasteiger partial charge in [-0.1, -0.05) is 60.7 Å². The Labute approximate surface area is 176 Å². The number of benzene rings is 3. The van der Waals surface area contributed by atoms with E-state index in [1.807, 2.05) is 68.4 Å². The van der Waals surface area contributed by atoms with E-state index in [0.717, 1.165) is 27.5 Å².